The van der Waals surface area contributed by atoms with Crippen LogP contribution in [0.3, 0.4) is 0 Å². The molecular weight excluding hydrogens is 288 g/mol. The fourth-order valence-electron chi connectivity index (χ4n) is 1.92. The van der Waals surface area contributed by atoms with Crippen LogP contribution >= 0.6 is 12.2 Å². The summed E-state index contributed by atoms with van der Waals surface area (Å²) in [6.45, 7) is 3.29. The first-order valence-electron chi connectivity index (χ1n) is 6.73. The Bertz CT molecular complexity index is 468. The molecule has 21 heavy (non-hydrogen) atoms. The molecule has 1 atom stereocenters. The van der Waals surface area contributed by atoms with E-state index in [1.165, 1.54) is 0 Å². The Balaban J connectivity index is 2.69. The van der Waals surface area contributed by atoms with Crippen molar-refractivity contribution < 1.29 is 14.2 Å². The first-order chi connectivity index (χ1) is 10.0. The number of nitrogens with zero attached hydrogens (tertiary/aromatic N) is 1. The van der Waals surface area contributed by atoms with Crippen molar-refractivity contribution in [2.24, 2.45) is 0 Å². The van der Waals surface area contributed by atoms with Gasteiger partial charge in [-0.05, 0) is 31.3 Å². The average molecular weight is 312 g/mol. The molecule has 6 heteroatoms. The highest BCUT2D eigenvalue weighted by molar-refractivity contribution is 7.80. The monoisotopic (exact) mass is 312 g/mol. The van der Waals surface area contributed by atoms with Crippen LogP contribution in [0.4, 0.5) is 0 Å². The molecule has 0 aliphatic heterocycles. The van der Waals surface area contributed by atoms with Gasteiger partial charge in [-0.3, -0.25) is 0 Å². The third-order valence-corrected chi connectivity index (χ3v) is 3.46. The van der Waals surface area contributed by atoms with Gasteiger partial charge in [-0.1, -0.05) is 0 Å². The summed E-state index contributed by atoms with van der Waals surface area (Å²) in [5.41, 5.74) is 1.05. The molecule has 1 aromatic carbocycles. The number of methoxy groups -OCH3 is 3. The quantitative estimate of drug-likeness (QED) is 0.777. The van der Waals surface area contributed by atoms with Gasteiger partial charge >= 0.3 is 0 Å². The van der Waals surface area contributed by atoms with Crippen molar-refractivity contribution in [1.82, 2.24) is 10.2 Å². The molecule has 118 valence electrons. The van der Waals surface area contributed by atoms with Gasteiger partial charge in [0.25, 0.3) is 0 Å². The highest BCUT2D eigenvalue weighted by atomic mass is 32.1. The van der Waals surface area contributed by atoms with E-state index in [-0.39, 0.29) is 6.04 Å². The van der Waals surface area contributed by atoms with Gasteiger partial charge in [0.05, 0.1) is 20.8 Å². The second kappa shape index (κ2) is 8.69. The normalized spacial score (nSPS) is 11.7. The smallest absolute Gasteiger partial charge is 0.169 e. The zero-order valence-electron chi connectivity index (χ0n) is 13.3. The molecule has 0 aromatic heterocycles. The fourth-order valence-corrected chi connectivity index (χ4v) is 2.19. The maximum Gasteiger partial charge on any atom is 0.169 e. The van der Waals surface area contributed by atoms with E-state index in [0.717, 1.165) is 17.1 Å². The molecule has 0 aliphatic rings. The molecule has 5 nitrogen and oxygen atoms in total. The predicted octanol–water partition coefficient (Wildman–Crippen LogP) is 2.04. The summed E-state index contributed by atoms with van der Waals surface area (Å²) in [5.74, 6) is 1.56. The number of thiocarbonyl (C=S) groups is 1. The van der Waals surface area contributed by atoms with Gasteiger partial charge in [0.2, 0.25) is 0 Å². The van der Waals surface area contributed by atoms with Crippen LogP contribution in [0.15, 0.2) is 18.2 Å². The minimum absolute atomic E-state index is 0.169. The van der Waals surface area contributed by atoms with Crippen LogP contribution in [0.1, 0.15) is 12.5 Å². The number of hydrogen-bond acceptors (Lipinski definition) is 4. The highest BCUT2D eigenvalue weighted by Crippen LogP contribution is 2.25. The van der Waals surface area contributed by atoms with E-state index in [4.69, 9.17) is 26.4 Å². The van der Waals surface area contributed by atoms with Gasteiger partial charge in [-0.25, -0.2) is 0 Å². The van der Waals surface area contributed by atoms with E-state index < -0.39 is 0 Å². The van der Waals surface area contributed by atoms with Crippen molar-refractivity contribution in [1.29, 1.82) is 0 Å². The Kier molecular flexibility index (Phi) is 7.25. The predicted molar refractivity (Wildman–Crippen MR) is 88.1 cm³/mol. The molecular formula is C15H24N2O3S. The Morgan fingerprint density at radius 3 is 2.57 bits per heavy atom. The van der Waals surface area contributed by atoms with Crippen molar-refractivity contribution in [2.75, 3.05) is 35.0 Å². The van der Waals surface area contributed by atoms with Crippen molar-refractivity contribution in [2.45, 2.75) is 19.5 Å². The molecule has 1 rings (SSSR count). The summed E-state index contributed by atoms with van der Waals surface area (Å²) in [6, 6.07) is 5.93. The maximum absolute atomic E-state index is 5.40. The summed E-state index contributed by atoms with van der Waals surface area (Å²) in [6.07, 6.45) is 0. The zero-order valence-corrected chi connectivity index (χ0v) is 14.1. The second-order valence-electron chi connectivity index (χ2n) is 4.84. The van der Waals surface area contributed by atoms with Gasteiger partial charge in [0, 0.05) is 38.4 Å². The second-order valence-corrected chi connectivity index (χ2v) is 5.23. The SMILES string of the molecule is COCC(C)NC(=S)N(C)Cc1ccc(OC)cc1OC. The maximum atomic E-state index is 5.40. The van der Waals surface area contributed by atoms with Gasteiger partial charge in [-0.2, -0.15) is 0 Å². The van der Waals surface area contributed by atoms with Crippen molar-refractivity contribution in [3.05, 3.63) is 23.8 Å². The van der Waals surface area contributed by atoms with Crippen LogP contribution in [0, 0.1) is 0 Å². The van der Waals surface area contributed by atoms with E-state index in [0.29, 0.717) is 18.3 Å². The van der Waals surface area contributed by atoms with Crippen molar-refractivity contribution in [3.63, 3.8) is 0 Å². The molecule has 0 heterocycles. The van der Waals surface area contributed by atoms with Gasteiger partial charge in [0.15, 0.2) is 5.11 Å². The number of hydrogen-bond donors (Lipinski definition) is 1. The minimum atomic E-state index is 0.169. The number of benzene rings is 1. The summed E-state index contributed by atoms with van der Waals surface area (Å²) in [7, 11) is 6.90. The Morgan fingerprint density at radius 2 is 2.00 bits per heavy atom. The Morgan fingerprint density at radius 1 is 1.29 bits per heavy atom. The lowest BCUT2D eigenvalue weighted by atomic mass is 10.2. The molecule has 0 aliphatic carbocycles. The first-order valence-corrected chi connectivity index (χ1v) is 7.14. The molecule has 1 aromatic rings. The molecule has 0 spiro atoms. The summed E-state index contributed by atoms with van der Waals surface area (Å²) < 4.78 is 15.7. The van der Waals surface area contributed by atoms with Gasteiger partial charge < -0.3 is 24.4 Å². The van der Waals surface area contributed by atoms with Crippen LogP contribution in [0.5, 0.6) is 11.5 Å². The standard InChI is InChI=1S/C15H24N2O3S/c1-11(10-18-3)16-15(21)17(2)9-12-6-7-13(19-4)8-14(12)20-5/h6-8,11H,9-10H2,1-5H3,(H,16,21). The number of nitrogens with one attached hydrogen (secondary N) is 1. The average Bonchev–Trinajstić information content (AvgIpc) is 2.47. The zero-order chi connectivity index (χ0) is 15.8. The van der Waals surface area contributed by atoms with Crippen LogP contribution in [-0.2, 0) is 11.3 Å². The topological polar surface area (TPSA) is 43.0 Å². The van der Waals surface area contributed by atoms with Crippen LogP contribution in [0.2, 0.25) is 0 Å². The van der Waals surface area contributed by atoms with Crippen LogP contribution < -0.4 is 14.8 Å². The molecule has 0 saturated heterocycles. The lowest BCUT2D eigenvalue weighted by Crippen LogP contribution is -2.43. The summed E-state index contributed by atoms with van der Waals surface area (Å²) in [4.78, 5) is 1.96. The molecule has 1 N–H and O–H groups in total. The van der Waals surface area contributed by atoms with Gasteiger partial charge in [0.1, 0.15) is 11.5 Å². The molecule has 0 fully saturated rings. The number of ether oxygens (including phenoxy) is 3. The summed E-state index contributed by atoms with van der Waals surface area (Å²) in [5, 5.41) is 3.91. The minimum Gasteiger partial charge on any atom is -0.497 e. The third kappa shape index (κ3) is 5.40. The van der Waals surface area contributed by atoms with E-state index in [1.807, 2.05) is 37.1 Å². The lowest BCUT2D eigenvalue weighted by molar-refractivity contribution is 0.178. The largest absolute Gasteiger partial charge is 0.497 e. The van der Waals surface area contributed by atoms with Crippen molar-refractivity contribution >= 4 is 17.3 Å². The summed E-state index contributed by atoms with van der Waals surface area (Å²) >= 11 is 5.39. The molecule has 0 bridgehead atoms. The van der Waals surface area contributed by atoms with E-state index in [9.17, 15) is 0 Å². The Hall–Kier alpha value is -1.53. The first kappa shape index (κ1) is 17.5. The number of rotatable bonds is 7. The van der Waals surface area contributed by atoms with Crippen LogP contribution in [0.25, 0.3) is 0 Å². The molecule has 0 saturated carbocycles. The third-order valence-electron chi connectivity index (χ3n) is 3.03. The van der Waals surface area contributed by atoms with E-state index in [1.54, 1.807) is 21.3 Å². The molecule has 0 radical (unpaired) electrons. The van der Waals surface area contributed by atoms with E-state index >= 15 is 0 Å². The molecule has 0 amide bonds. The fraction of sp³-hybridized carbons (Fsp3) is 0.533. The molecule has 1 unspecified atom stereocenters. The van der Waals surface area contributed by atoms with Crippen molar-refractivity contribution in [3.8, 4) is 11.5 Å². The lowest BCUT2D eigenvalue weighted by Gasteiger charge is -2.24. The van der Waals surface area contributed by atoms with E-state index in [2.05, 4.69) is 5.32 Å². The highest BCUT2D eigenvalue weighted by Gasteiger charge is 2.12. The van der Waals surface area contributed by atoms with Crippen LogP contribution in [-0.4, -0.2) is 51.0 Å². The Labute approximate surface area is 132 Å². The van der Waals surface area contributed by atoms with Gasteiger partial charge in [-0.15, -0.1) is 0 Å².